The highest BCUT2D eigenvalue weighted by Crippen LogP contribution is 2.35. The molecule has 0 spiro atoms. The van der Waals surface area contributed by atoms with Gasteiger partial charge in [-0.15, -0.1) is 3.71 Å². The van der Waals surface area contributed by atoms with Crippen molar-refractivity contribution in [1.29, 1.82) is 0 Å². The monoisotopic (exact) mass is 404 g/mol. The lowest BCUT2D eigenvalue weighted by Crippen LogP contribution is -2.53. The Hall–Kier alpha value is -1.71. The zero-order valence-electron chi connectivity index (χ0n) is 11.4. The van der Waals surface area contributed by atoms with Crippen LogP contribution in [0.4, 0.5) is 26.3 Å². The van der Waals surface area contributed by atoms with E-state index in [1.54, 1.807) is 0 Å². The van der Waals surface area contributed by atoms with Gasteiger partial charge in [-0.3, -0.25) is 4.79 Å². The van der Waals surface area contributed by atoms with E-state index in [2.05, 4.69) is 0 Å². The van der Waals surface area contributed by atoms with Crippen LogP contribution in [0.5, 0.6) is 0 Å². The summed E-state index contributed by atoms with van der Waals surface area (Å²) in [5.74, 6) is -2.46. The Morgan fingerprint density at radius 2 is 1.38 bits per heavy atom. The van der Waals surface area contributed by atoms with E-state index in [0.29, 0.717) is 4.90 Å². The minimum atomic E-state index is -7.14. The second kappa shape index (κ2) is 5.98. The zero-order valence-corrected chi connectivity index (χ0v) is 13.0. The maximum atomic E-state index is 12.5. The third-order valence-corrected chi connectivity index (χ3v) is 5.99. The van der Waals surface area contributed by atoms with Crippen LogP contribution < -0.4 is 0 Å². The van der Waals surface area contributed by atoms with Crippen LogP contribution in [-0.2, 0) is 24.8 Å². The maximum absolute atomic E-state index is 12.5. The molecule has 1 rings (SSSR count). The Bertz CT molecular complexity index is 697. The maximum Gasteiger partial charge on any atom is 0.517 e. The Kier molecular flexibility index (Phi) is 5.07. The van der Waals surface area contributed by atoms with E-state index in [0.717, 1.165) is 12.9 Å². The molecule has 0 bridgehead atoms. The third kappa shape index (κ3) is 3.68. The molecule has 16 heteroatoms. The van der Waals surface area contributed by atoms with Crippen molar-refractivity contribution in [3.63, 3.8) is 0 Å². The molecule has 0 aromatic heterocycles. The fourth-order valence-corrected chi connectivity index (χ4v) is 3.96. The first-order chi connectivity index (χ1) is 10.5. The molecule has 0 atom stereocenters. The average molecular weight is 404 g/mol. The van der Waals surface area contributed by atoms with Gasteiger partial charge in [-0.05, 0) is 0 Å². The molecule has 0 saturated heterocycles. The summed E-state index contributed by atoms with van der Waals surface area (Å²) in [5, 5.41) is 0. The predicted molar refractivity (Wildman–Crippen MR) is 64.7 cm³/mol. The first-order valence-electron chi connectivity index (χ1n) is 5.48. The molecule has 1 radical (unpaired) electrons. The second-order valence-electron chi connectivity index (χ2n) is 4.24. The van der Waals surface area contributed by atoms with Crippen LogP contribution in [0, 0.1) is 6.67 Å². The lowest BCUT2D eigenvalue weighted by molar-refractivity contribution is -0.126. The molecule has 0 unspecified atom stereocenters. The normalized spacial score (nSPS) is 16.6. The van der Waals surface area contributed by atoms with E-state index in [1.807, 2.05) is 0 Å². The first kappa shape index (κ1) is 20.3. The largest absolute Gasteiger partial charge is 0.517 e. The molecular formula is C8H8F6N3O5S2. The van der Waals surface area contributed by atoms with Gasteiger partial charge in [-0.1, -0.05) is 0 Å². The summed E-state index contributed by atoms with van der Waals surface area (Å²) in [6.07, 6.45) is 2.21. The van der Waals surface area contributed by atoms with E-state index in [1.165, 1.54) is 18.1 Å². The van der Waals surface area contributed by atoms with Gasteiger partial charge in [-0.25, -0.2) is 0 Å². The molecule has 24 heavy (non-hydrogen) atoms. The molecule has 8 nitrogen and oxygen atoms in total. The molecule has 0 N–H and O–H groups in total. The Morgan fingerprint density at radius 3 is 1.67 bits per heavy atom. The van der Waals surface area contributed by atoms with E-state index in [-0.39, 0.29) is 0 Å². The first-order valence-corrected chi connectivity index (χ1v) is 8.36. The minimum Gasteiger partial charge on any atom is -0.356 e. The summed E-state index contributed by atoms with van der Waals surface area (Å²) in [6, 6.07) is 0. The number of carbonyl (C=O) groups is 1. The number of hydrogen-bond acceptors (Lipinski definition) is 7. The molecule has 139 valence electrons. The Labute approximate surface area is 132 Å². The molecular weight excluding hydrogens is 396 g/mol. The van der Waals surface area contributed by atoms with Crippen LogP contribution in [0.1, 0.15) is 0 Å². The number of sulfonamides is 2. The van der Waals surface area contributed by atoms with Gasteiger partial charge in [0, 0.05) is 19.4 Å². The molecule has 0 aromatic rings. The standard InChI is InChI=1S/C8H8F6N3O5S2/c1-15-2-3-16(5-15)4-6(18)17(23(19,20)7(9,10)11)24(21,22)8(12,13)14/h2-3,5H,4H2,1H3. The van der Waals surface area contributed by atoms with E-state index in [9.17, 15) is 48.0 Å². The van der Waals surface area contributed by atoms with Gasteiger partial charge < -0.3 is 9.80 Å². The van der Waals surface area contributed by atoms with Crippen molar-refractivity contribution < 1.29 is 48.0 Å². The molecule has 0 fully saturated rings. The van der Waals surface area contributed by atoms with Crippen molar-refractivity contribution in [3.8, 4) is 0 Å². The number of rotatable bonds is 4. The Balaban J connectivity index is 3.36. The molecule has 0 saturated carbocycles. The molecule has 1 amide bonds. The van der Waals surface area contributed by atoms with Gasteiger partial charge in [-0.2, -0.15) is 43.2 Å². The van der Waals surface area contributed by atoms with Crippen LogP contribution in [-0.4, -0.2) is 60.9 Å². The topological polar surface area (TPSA) is 95.1 Å². The zero-order chi connectivity index (χ0) is 19.1. The smallest absolute Gasteiger partial charge is 0.356 e. The fraction of sp³-hybridized carbons (Fsp3) is 0.500. The van der Waals surface area contributed by atoms with Crippen LogP contribution >= 0.6 is 0 Å². The van der Waals surface area contributed by atoms with Crippen molar-refractivity contribution in [2.45, 2.75) is 11.0 Å². The highest BCUT2D eigenvalue weighted by Gasteiger charge is 2.63. The second-order valence-corrected chi connectivity index (χ2v) is 8.03. The van der Waals surface area contributed by atoms with Crippen molar-refractivity contribution in [2.24, 2.45) is 0 Å². The number of alkyl halides is 6. The van der Waals surface area contributed by atoms with Crippen molar-refractivity contribution in [1.82, 2.24) is 13.5 Å². The van der Waals surface area contributed by atoms with Crippen LogP contribution in [0.25, 0.3) is 0 Å². The fourth-order valence-electron chi connectivity index (χ4n) is 1.39. The summed E-state index contributed by atoms with van der Waals surface area (Å²) in [7, 11) is -12.9. The third-order valence-electron chi connectivity index (χ3n) is 2.37. The lowest BCUT2D eigenvalue weighted by Gasteiger charge is -2.25. The van der Waals surface area contributed by atoms with Gasteiger partial charge in [0.05, 0.1) is 0 Å². The van der Waals surface area contributed by atoms with Crippen molar-refractivity contribution in [2.75, 3.05) is 13.6 Å². The quantitative estimate of drug-likeness (QED) is 0.624. The molecule has 1 aliphatic rings. The Morgan fingerprint density at radius 1 is 0.958 bits per heavy atom. The molecule has 0 aromatic carbocycles. The van der Waals surface area contributed by atoms with Gasteiger partial charge in [0.25, 0.3) is 5.91 Å². The summed E-state index contributed by atoms with van der Waals surface area (Å²) < 4.78 is 117. The van der Waals surface area contributed by atoms with Crippen LogP contribution in [0.2, 0.25) is 0 Å². The molecule has 0 aliphatic carbocycles. The van der Waals surface area contributed by atoms with Crippen molar-refractivity contribution >= 4 is 26.0 Å². The van der Waals surface area contributed by atoms with Gasteiger partial charge in [0.2, 0.25) is 0 Å². The minimum absolute atomic E-state index is 0.688. The molecule has 1 heterocycles. The summed E-state index contributed by atoms with van der Waals surface area (Å²) in [6.45, 7) is -0.401. The number of nitrogens with zero attached hydrogens (tertiary/aromatic N) is 3. The predicted octanol–water partition coefficient (Wildman–Crippen LogP) is 0.352. The van der Waals surface area contributed by atoms with E-state index in [4.69, 9.17) is 0 Å². The van der Waals surface area contributed by atoms with Crippen LogP contribution in [0.15, 0.2) is 12.4 Å². The molecule has 1 aliphatic heterocycles. The summed E-state index contributed by atoms with van der Waals surface area (Å²) >= 11 is 0. The summed E-state index contributed by atoms with van der Waals surface area (Å²) in [4.78, 5) is 13.6. The van der Waals surface area contributed by atoms with Gasteiger partial charge in [0.1, 0.15) is 13.2 Å². The highest BCUT2D eigenvalue weighted by atomic mass is 32.3. The van der Waals surface area contributed by atoms with Gasteiger partial charge >= 0.3 is 31.1 Å². The SMILES string of the molecule is CN1[CH]N(CC(=O)N(S(=O)(=O)C(F)(F)F)S(=O)(=O)C(F)(F)F)C=C1. The number of amides is 1. The number of carbonyl (C=O) groups excluding carboxylic acids is 1. The van der Waals surface area contributed by atoms with Gasteiger partial charge in [0.15, 0.2) is 0 Å². The lowest BCUT2D eigenvalue weighted by atomic mass is 10.5. The average Bonchev–Trinajstić information content (AvgIpc) is 2.70. The van der Waals surface area contributed by atoms with Crippen LogP contribution in [0.3, 0.4) is 0 Å². The summed E-state index contributed by atoms with van der Waals surface area (Å²) in [5.41, 5.74) is -12.9. The number of hydrogen-bond donors (Lipinski definition) is 0. The van der Waals surface area contributed by atoms with Crippen molar-refractivity contribution in [3.05, 3.63) is 19.1 Å². The van der Waals surface area contributed by atoms with E-state index >= 15 is 0 Å². The van der Waals surface area contributed by atoms with E-state index < -0.39 is 47.2 Å². The highest BCUT2D eigenvalue weighted by molar-refractivity contribution is 8.05. The number of halogens is 6.